The predicted octanol–water partition coefficient (Wildman–Crippen LogP) is 9.16. The van der Waals surface area contributed by atoms with Crippen molar-refractivity contribution in [2.75, 3.05) is 31.2 Å². The Balaban J connectivity index is 1.20. The minimum Gasteiger partial charge on any atom is -0.488 e. The van der Waals surface area contributed by atoms with Gasteiger partial charge in [-0.25, -0.2) is 23.1 Å². The molecule has 14 heteroatoms. The molecule has 3 atom stereocenters. The predicted molar refractivity (Wildman–Crippen MR) is 188 cm³/mol. The van der Waals surface area contributed by atoms with Gasteiger partial charge < -0.3 is 24.2 Å². The molecule has 1 N–H and O–H groups in total. The lowest BCUT2D eigenvalue weighted by molar-refractivity contribution is -0.141. The maximum Gasteiger partial charge on any atom is 0.416 e. The number of nitrogens with zero attached hydrogens (tertiary/aromatic N) is 4. The molecule has 1 saturated carbocycles. The van der Waals surface area contributed by atoms with Crippen molar-refractivity contribution >= 4 is 5.95 Å². The van der Waals surface area contributed by atoms with Gasteiger partial charge in [0.2, 0.25) is 11.9 Å². The highest BCUT2D eigenvalue weighted by atomic mass is 19.4. The summed E-state index contributed by atoms with van der Waals surface area (Å²) < 4.78 is 104. The second-order valence-electron chi connectivity index (χ2n) is 16.6. The van der Waals surface area contributed by atoms with E-state index in [-0.39, 0.29) is 60.9 Å². The van der Waals surface area contributed by atoms with E-state index in [0.717, 1.165) is 24.3 Å². The fourth-order valence-electron chi connectivity index (χ4n) is 8.65. The summed E-state index contributed by atoms with van der Waals surface area (Å²) in [6.07, 6.45) is -3.04. The number of halogens is 6. The number of aliphatic hydroxyl groups is 1. The minimum atomic E-state index is -4.60. The van der Waals surface area contributed by atoms with Crippen LogP contribution in [0.15, 0.2) is 36.7 Å². The molecule has 3 unspecified atom stereocenters. The second kappa shape index (κ2) is 14.5. The van der Waals surface area contributed by atoms with E-state index in [1.165, 1.54) is 0 Å². The van der Waals surface area contributed by atoms with Crippen LogP contribution in [0.4, 0.5) is 32.3 Å². The molecule has 4 aliphatic rings. The minimum absolute atomic E-state index is 0.0166. The number of piperidine rings is 1. The Labute approximate surface area is 311 Å². The van der Waals surface area contributed by atoms with Crippen LogP contribution in [0.3, 0.4) is 0 Å². The molecule has 0 radical (unpaired) electrons. The third-order valence-corrected chi connectivity index (χ3v) is 11.3. The third kappa shape index (κ3) is 8.35. The van der Waals surface area contributed by atoms with Crippen LogP contribution in [0, 0.1) is 5.41 Å². The number of hydrogen-bond acceptors (Lipinski definition) is 8. The standard InChI is InChI=1S/C40H48F6N4O4/c1-37(2)17-29-32(30(51)18-37)31(23-9-13-39(42,43)14-10-23)33(34(41)24-5-7-26(8-6-24)40(44,45)46)35(49-29)25-11-15-50(16-12-25)36-47-19-27(20-48-36)52-21-28-22-53-38(3,4)54-28/h5-8,19-20,23,25,28,30,34,51H,9-18,21-22H2,1-4H3. The third-order valence-electron chi connectivity index (χ3n) is 11.3. The van der Waals surface area contributed by atoms with Gasteiger partial charge in [-0.2, -0.15) is 13.2 Å². The zero-order valence-electron chi connectivity index (χ0n) is 31.1. The van der Waals surface area contributed by atoms with Crippen LogP contribution in [-0.4, -0.2) is 64.2 Å². The van der Waals surface area contributed by atoms with Gasteiger partial charge in [-0.05, 0) is 87.0 Å². The molecular weight excluding hydrogens is 714 g/mol. The van der Waals surface area contributed by atoms with Crippen molar-refractivity contribution in [2.45, 2.75) is 127 Å². The van der Waals surface area contributed by atoms with Crippen molar-refractivity contribution in [3.05, 3.63) is 75.9 Å². The van der Waals surface area contributed by atoms with Gasteiger partial charge in [0.05, 0.1) is 36.4 Å². The number of fused-ring (bicyclic) bond motifs is 1. The molecule has 54 heavy (non-hydrogen) atoms. The molecule has 1 aromatic carbocycles. The Morgan fingerprint density at radius 2 is 1.59 bits per heavy atom. The van der Waals surface area contributed by atoms with Crippen molar-refractivity contribution in [3.63, 3.8) is 0 Å². The van der Waals surface area contributed by atoms with E-state index in [1.807, 2.05) is 32.6 Å². The molecule has 0 spiro atoms. The van der Waals surface area contributed by atoms with Crippen molar-refractivity contribution in [1.29, 1.82) is 0 Å². The molecule has 294 valence electrons. The molecule has 8 nitrogen and oxygen atoms in total. The van der Waals surface area contributed by atoms with Gasteiger partial charge in [0, 0.05) is 48.7 Å². The largest absolute Gasteiger partial charge is 0.488 e. The van der Waals surface area contributed by atoms with Crippen molar-refractivity contribution < 1.29 is 45.7 Å². The highest BCUT2D eigenvalue weighted by Gasteiger charge is 2.44. The summed E-state index contributed by atoms with van der Waals surface area (Å²) >= 11 is 0. The first-order valence-electron chi connectivity index (χ1n) is 18.8. The lowest BCUT2D eigenvalue weighted by Gasteiger charge is -2.41. The van der Waals surface area contributed by atoms with Crippen molar-refractivity contribution in [3.8, 4) is 5.75 Å². The van der Waals surface area contributed by atoms with E-state index in [2.05, 4.69) is 9.97 Å². The summed E-state index contributed by atoms with van der Waals surface area (Å²) in [5, 5.41) is 11.6. The first-order valence-corrected chi connectivity index (χ1v) is 18.8. The lowest BCUT2D eigenvalue weighted by atomic mass is 9.68. The van der Waals surface area contributed by atoms with E-state index in [4.69, 9.17) is 19.2 Å². The Morgan fingerprint density at radius 1 is 0.944 bits per heavy atom. The summed E-state index contributed by atoms with van der Waals surface area (Å²) in [4.78, 5) is 16.2. The van der Waals surface area contributed by atoms with Crippen LogP contribution in [0.5, 0.6) is 5.75 Å². The number of aromatic nitrogens is 3. The SMILES string of the molecule is CC1(C)Cc2nc(C3CCN(c4ncc(OCC5COC(C)(C)O5)cn4)CC3)c(C(F)c3ccc(C(F)(F)F)cc3)c(C3CCC(F)(F)CC3)c2C(O)C1. The first-order chi connectivity index (χ1) is 25.4. The Morgan fingerprint density at radius 3 is 2.19 bits per heavy atom. The van der Waals surface area contributed by atoms with E-state index >= 15 is 4.39 Å². The lowest BCUT2D eigenvalue weighted by Crippen LogP contribution is -2.36. The van der Waals surface area contributed by atoms with Crippen LogP contribution >= 0.6 is 0 Å². The monoisotopic (exact) mass is 762 g/mol. The van der Waals surface area contributed by atoms with Crippen LogP contribution < -0.4 is 9.64 Å². The van der Waals surface area contributed by atoms with Gasteiger partial charge in [-0.1, -0.05) is 26.0 Å². The molecule has 0 bridgehead atoms. The molecule has 2 aromatic heterocycles. The molecular formula is C40H48F6N4O4. The van der Waals surface area contributed by atoms with E-state index in [0.29, 0.717) is 79.6 Å². The Kier molecular flexibility index (Phi) is 10.4. The van der Waals surface area contributed by atoms with E-state index < -0.39 is 41.6 Å². The molecule has 3 aromatic rings. The second-order valence-corrected chi connectivity index (χ2v) is 16.6. The molecule has 0 amide bonds. The Hall–Kier alpha value is -3.49. The average molecular weight is 763 g/mol. The van der Waals surface area contributed by atoms with Crippen LogP contribution in [0.25, 0.3) is 0 Å². The quantitative estimate of drug-likeness (QED) is 0.228. The van der Waals surface area contributed by atoms with Gasteiger partial charge in [0.15, 0.2) is 17.7 Å². The number of rotatable bonds is 8. The van der Waals surface area contributed by atoms with Gasteiger partial charge >= 0.3 is 6.18 Å². The zero-order valence-corrected chi connectivity index (χ0v) is 31.1. The summed E-state index contributed by atoms with van der Waals surface area (Å²) in [6, 6.07) is 3.99. The van der Waals surface area contributed by atoms with Crippen molar-refractivity contribution in [2.24, 2.45) is 5.41 Å². The highest BCUT2D eigenvalue weighted by Crippen LogP contribution is 2.52. The topological polar surface area (TPSA) is 89.8 Å². The van der Waals surface area contributed by atoms with E-state index in [1.54, 1.807) is 12.4 Å². The summed E-state index contributed by atoms with van der Waals surface area (Å²) in [5.41, 5.74) is 1.16. The zero-order chi connectivity index (χ0) is 38.6. The summed E-state index contributed by atoms with van der Waals surface area (Å²) in [7, 11) is 0. The van der Waals surface area contributed by atoms with Crippen LogP contribution in [-0.2, 0) is 22.1 Å². The summed E-state index contributed by atoms with van der Waals surface area (Å²) in [5.74, 6) is -3.22. The van der Waals surface area contributed by atoms with Gasteiger partial charge in [-0.15, -0.1) is 0 Å². The smallest absolute Gasteiger partial charge is 0.416 e. The van der Waals surface area contributed by atoms with Gasteiger partial charge in [0.25, 0.3) is 0 Å². The van der Waals surface area contributed by atoms with Gasteiger partial charge in [0.1, 0.15) is 12.7 Å². The molecule has 7 rings (SSSR count). The number of hydrogen-bond donors (Lipinski definition) is 1. The molecule has 2 aliphatic carbocycles. The number of anilines is 1. The average Bonchev–Trinajstić information content (AvgIpc) is 3.47. The van der Waals surface area contributed by atoms with Gasteiger partial charge in [-0.3, -0.25) is 4.98 Å². The van der Waals surface area contributed by atoms with E-state index in [9.17, 15) is 27.1 Å². The highest BCUT2D eigenvalue weighted by molar-refractivity contribution is 5.51. The number of benzene rings is 1. The molecule has 2 aliphatic heterocycles. The Bertz CT molecular complexity index is 1790. The van der Waals surface area contributed by atoms with Crippen LogP contribution in [0.1, 0.15) is 136 Å². The molecule has 3 fully saturated rings. The molecule has 4 heterocycles. The first kappa shape index (κ1) is 38.8. The fraction of sp³-hybridized carbons (Fsp3) is 0.625. The number of alkyl halides is 6. The number of aliphatic hydroxyl groups excluding tert-OH is 1. The maximum absolute atomic E-state index is 17.3. The normalized spacial score (nSPS) is 25.0. The van der Waals surface area contributed by atoms with Crippen molar-refractivity contribution in [1.82, 2.24) is 15.0 Å². The maximum atomic E-state index is 17.3. The fourth-order valence-corrected chi connectivity index (χ4v) is 8.65. The van der Waals surface area contributed by atoms with Crippen LogP contribution in [0.2, 0.25) is 0 Å². The number of ether oxygens (including phenoxy) is 3. The number of pyridine rings is 1. The summed E-state index contributed by atoms with van der Waals surface area (Å²) in [6.45, 7) is 9.49. The molecule has 2 saturated heterocycles.